The Labute approximate surface area is 131 Å². The van der Waals surface area contributed by atoms with Crippen molar-refractivity contribution in [2.45, 2.75) is 39.3 Å². The van der Waals surface area contributed by atoms with E-state index in [-0.39, 0.29) is 12.1 Å². The highest BCUT2D eigenvalue weighted by Gasteiger charge is 2.22. The molecule has 1 heterocycles. The minimum absolute atomic E-state index is 0.0519. The summed E-state index contributed by atoms with van der Waals surface area (Å²) in [7, 11) is 0. The van der Waals surface area contributed by atoms with E-state index in [4.69, 9.17) is 16.2 Å². The lowest BCUT2D eigenvalue weighted by atomic mass is 10.2. The van der Waals surface area contributed by atoms with Gasteiger partial charge in [0.25, 0.3) is 0 Å². The molecule has 7 heteroatoms. The van der Waals surface area contributed by atoms with Gasteiger partial charge in [-0.15, -0.1) is 0 Å². The Morgan fingerprint density at radius 1 is 1.41 bits per heavy atom. The van der Waals surface area contributed by atoms with Crippen molar-refractivity contribution >= 4 is 12.1 Å². The van der Waals surface area contributed by atoms with Gasteiger partial charge in [0.15, 0.2) is 5.96 Å². The van der Waals surface area contributed by atoms with Crippen molar-refractivity contribution in [1.82, 2.24) is 9.88 Å². The monoisotopic (exact) mass is 307 g/mol. The Hall–Kier alpha value is -2.31. The Balaban J connectivity index is 2.67. The normalized spacial score (nSPS) is 10.9. The first-order valence-corrected chi connectivity index (χ1v) is 7.20. The maximum atomic E-state index is 12.3. The summed E-state index contributed by atoms with van der Waals surface area (Å²) in [4.78, 5) is 21.9. The van der Waals surface area contributed by atoms with Crippen LogP contribution in [0.4, 0.5) is 4.79 Å². The molecule has 1 rings (SSSR count). The molecule has 1 amide bonds. The molecule has 4 N–H and O–H groups in total. The third-order valence-corrected chi connectivity index (χ3v) is 2.63. The molecule has 0 saturated heterocycles. The minimum atomic E-state index is -0.538. The Morgan fingerprint density at radius 3 is 2.68 bits per heavy atom. The first-order valence-electron chi connectivity index (χ1n) is 7.20. The van der Waals surface area contributed by atoms with Crippen molar-refractivity contribution in [3.8, 4) is 0 Å². The van der Waals surface area contributed by atoms with Crippen LogP contribution in [0.15, 0.2) is 29.5 Å². The summed E-state index contributed by atoms with van der Waals surface area (Å²) in [6.07, 6.45) is 3.71. The van der Waals surface area contributed by atoms with Crippen LogP contribution < -0.4 is 11.5 Å². The summed E-state index contributed by atoms with van der Waals surface area (Å²) in [5.41, 5.74) is 11.0. The fourth-order valence-electron chi connectivity index (χ4n) is 1.74. The van der Waals surface area contributed by atoms with E-state index in [1.807, 2.05) is 32.9 Å². The molecule has 1 aromatic heterocycles. The van der Waals surface area contributed by atoms with Gasteiger partial charge >= 0.3 is 6.09 Å². The van der Waals surface area contributed by atoms with Gasteiger partial charge in [0, 0.05) is 25.5 Å². The minimum Gasteiger partial charge on any atom is -0.444 e. The fourth-order valence-corrected chi connectivity index (χ4v) is 1.74. The van der Waals surface area contributed by atoms with Gasteiger partial charge in [-0.1, -0.05) is 6.07 Å². The second-order valence-electron chi connectivity index (χ2n) is 5.92. The number of carbonyl (C=O) groups excluding carboxylic acids is 1. The zero-order valence-corrected chi connectivity index (χ0v) is 13.5. The van der Waals surface area contributed by atoms with E-state index >= 15 is 0 Å². The van der Waals surface area contributed by atoms with Crippen LogP contribution >= 0.6 is 0 Å². The average Bonchev–Trinajstić information content (AvgIpc) is 2.41. The van der Waals surface area contributed by atoms with E-state index < -0.39 is 5.60 Å². The molecule has 0 atom stereocenters. The number of aliphatic imine (C=N–C) groups is 1. The number of hydrogen-bond donors (Lipinski definition) is 2. The Bertz CT molecular complexity index is 492. The maximum absolute atomic E-state index is 12.3. The fraction of sp³-hybridized carbons (Fsp3) is 0.533. The summed E-state index contributed by atoms with van der Waals surface area (Å²) >= 11 is 0. The number of hydrogen-bond acceptors (Lipinski definition) is 4. The van der Waals surface area contributed by atoms with Crippen molar-refractivity contribution in [2.24, 2.45) is 16.5 Å². The van der Waals surface area contributed by atoms with Crippen LogP contribution in [0.3, 0.4) is 0 Å². The number of nitrogens with two attached hydrogens (primary N) is 2. The standard InChI is InChI=1S/C15H25N5O2/c1-15(2,3)22-14(21)20(9-5-8-19-13(16)17)11-12-6-4-7-18-10-12/h4,6-7,10H,5,8-9,11H2,1-3H3,(H4,16,17,19). The number of aromatic nitrogens is 1. The van der Waals surface area contributed by atoms with Crippen molar-refractivity contribution < 1.29 is 9.53 Å². The molecule has 1 aromatic rings. The first kappa shape index (κ1) is 17.7. The number of guanidine groups is 1. The molecule has 0 aliphatic heterocycles. The van der Waals surface area contributed by atoms with E-state index in [2.05, 4.69) is 9.98 Å². The molecule has 0 aliphatic rings. The summed E-state index contributed by atoms with van der Waals surface area (Å²) in [5.74, 6) is 0.0519. The highest BCUT2D eigenvalue weighted by molar-refractivity contribution is 5.75. The lowest BCUT2D eigenvalue weighted by molar-refractivity contribution is 0.0232. The molecule has 0 unspecified atom stereocenters. The number of ether oxygens (including phenoxy) is 1. The van der Waals surface area contributed by atoms with Crippen LogP contribution in [-0.2, 0) is 11.3 Å². The molecule has 0 radical (unpaired) electrons. The quantitative estimate of drug-likeness (QED) is 0.470. The highest BCUT2D eigenvalue weighted by Crippen LogP contribution is 2.12. The smallest absolute Gasteiger partial charge is 0.410 e. The number of pyridine rings is 1. The van der Waals surface area contributed by atoms with Gasteiger partial charge in [0.05, 0.1) is 6.54 Å². The zero-order valence-electron chi connectivity index (χ0n) is 13.5. The summed E-state index contributed by atoms with van der Waals surface area (Å²) in [6.45, 7) is 6.92. The number of rotatable bonds is 6. The molecule has 122 valence electrons. The van der Waals surface area contributed by atoms with E-state index in [9.17, 15) is 4.79 Å². The molecule has 22 heavy (non-hydrogen) atoms. The molecule has 0 saturated carbocycles. The van der Waals surface area contributed by atoms with Crippen LogP contribution in [-0.4, -0.2) is 40.6 Å². The summed E-state index contributed by atoms with van der Waals surface area (Å²) in [6, 6.07) is 3.75. The van der Waals surface area contributed by atoms with E-state index in [0.717, 1.165) is 5.56 Å². The molecule has 0 aliphatic carbocycles. The van der Waals surface area contributed by atoms with Crippen molar-refractivity contribution in [3.05, 3.63) is 30.1 Å². The van der Waals surface area contributed by atoms with Gasteiger partial charge in [-0.05, 0) is 38.8 Å². The highest BCUT2D eigenvalue weighted by atomic mass is 16.6. The van der Waals surface area contributed by atoms with Gasteiger partial charge in [-0.2, -0.15) is 0 Å². The molecule has 0 fully saturated rings. The van der Waals surface area contributed by atoms with Crippen molar-refractivity contribution in [1.29, 1.82) is 0 Å². The predicted octanol–water partition coefficient (Wildman–Crippen LogP) is 1.48. The lowest BCUT2D eigenvalue weighted by Crippen LogP contribution is -2.37. The Morgan fingerprint density at radius 2 is 2.14 bits per heavy atom. The van der Waals surface area contributed by atoms with Crippen LogP contribution in [0.5, 0.6) is 0 Å². The molecule has 0 bridgehead atoms. The SMILES string of the molecule is CC(C)(C)OC(=O)N(CCCN=C(N)N)Cc1cccnc1. The second-order valence-corrected chi connectivity index (χ2v) is 5.92. The second kappa shape index (κ2) is 8.21. The molecule has 0 spiro atoms. The predicted molar refractivity (Wildman–Crippen MR) is 86.2 cm³/mol. The van der Waals surface area contributed by atoms with Gasteiger partial charge in [-0.3, -0.25) is 9.98 Å². The van der Waals surface area contributed by atoms with Crippen LogP contribution in [0.25, 0.3) is 0 Å². The van der Waals surface area contributed by atoms with Crippen molar-refractivity contribution in [3.63, 3.8) is 0 Å². The van der Waals surface area contributed by atoms with Crippen molar-refractivity contribution in [2.75, 3.05) is 13.1 Å². The topological polar surface area (TPSA) is 107 Å². The largest absolute Gasteiger partial charge is 0.444 e. The average molecular weight is 307 g/mol. The molecular weight excluding hydrogens is 282 g/mol. The number of nitrogens with zero attached hydrogens (tertiary/aromatic N) is 3. The summed E-state index contributed by atoms with van der Waals surface area (Å²) < 4.78 is 5.43. The van der Waals surface area contributed by atoms with E-state index in [0.29, 0.717) is 26.1 Å². The Kier molecular flexibility index (Phi) is 6.62. The number of amides is 1. The first-order chi connectivity index (χ1) is 10.3. The molecule has 0 aromatic carbocycles. The third-order valence-electron chi connectivity index (χ3n) is 2.63. The zero-order chi connectivity index (χ0) is 16.6. The van der Waals surface area contributed by atoms with Crippen LogP contribution in [0.2, 0.25) is 0 Å². The number of carbonyl (C=O) groups is 1. The lowest BCUT2D eigenvalue weighted by Gasteiger charge is -2.27. The summed E-state index contributed by atoms with van der Waals surface area (Å²) in [5, 5.41) is 0. The maximum Gasteiger partial charge on any atom is 0.410 e. The van der Waals surface area contributed by atoms with Crippen LogP contribution in [0.1, 0.15) is 32.8 Å². The van der Waals surface area contributed by atoms with Gasteiger partial charge < -0.3 is 21.1 Å². The van der Waals surface area contributed by atoms with Gasteiger partial charge in [0.2, 0.25) is 0 Å². The van der Waals surface area contributed by atoms with Crippen LogP contribution in [0, 0.1) is 0 Å². The van der Waals surface area contributed by atoms with E-state index in [1.165, 1.54) is 0 Å². The third kappa shape index (κ3) is 7.47. The van der Waals surface area contributed by atoms with Gasteiger partial charge in [0.1, 0.15) is 5.60 Å². The molecular formula is C15H25N5O2. The van der Waals surface area contributed by atoms with E-state index in [1.54, 1.807) is 17.3 Å². The van der Waals surface area contributed by atoms with Gasteiger partial charge in [-0.25, -0.2) is 4.79 Å². The molecule has 7 nitrogen and oxygen atoms in total.